The van der Waals surface area contributed by atoms with Crippen LogP contribution in [0.4, 0.5) is 5.82 Å². The number of hydrogen-bond acceptors (Lipinski definition) is 4. The number of aryl methyl sites for hydroxylation is 1. The standard InChI is InChI=1S/C13H22N4/c1-8-9(2)15-16-13(12(8)7-14)17(4)10(3)11-5-6-11/h10-11H,5-7,14H2,1-4H3. The van der Waals surface area contributed by atoms with E-state index in [2.05, 4.69) is 36.0 Å². The van der Waals surface area contributed by atoms with Crippen molar-refractivity contribution in [1.29, 1.82) is 0 Å². The summed E-state index contributed by atoms with van der Waals surface area (Å²) in [4.78, 5) is 2.24. The smallest absolute Gasteiger partial charge is 0.156 e. The van der Waals surface area contributed by atoms with Crippen molar-refractivity contribution in [1.82, 2.24) is 10.2 Å². The van der Waals surface area contributed by atoms with Gasteiger partial charge in [0.2, 0.25) is 0 Å². The van der Waals surface area contributed by atoms with E-state index in [1.165, 1.54) is 18.4 Å². The van der Waals surface area contributed by atoms with Crippen molar-refractivity contribution >= 4 is 5.82 Å². The van der Waals surface area contributed by atoms with Crippen molar-refractivity contribution in [3.63, 3.8) is 0 Å². The lowest BCUT2D eigenvalue weighted by atomic mass is 10.1. The molecule has 4 heteroatoms. The number of rotatable bonds is 4. The predicted octanol–water partition coefficient (Wildman–Crippen LogP) is 1.79. The first-order valence-corrected chi connectivity index (χ1v) is 6.32. The van der Waals surface area contributed by atoms with E-state index < -0.39 is 0 Å². The van der Waals surface area contributed by atoms with E-state index in [0.717, 1.165) is 23.0 Å². The summed E-state index contributed by atoms with van der Waals surface area (Å²) in [7, 11) is 2.10. The minimum Gasteiger partial charge on any atom is -0.355 e. The third kappa shape index (κ3) is 2.27. The maximum absolute atomic E-state index is 5.86. The van der Waals surface area contributed by atoms with Gasteiger partial charge in [0.25, 0.3) is 0 Å². The molecule has 1 fully saturated rings. The summed E-state index contributed by atoms with van der Waals surface area (Å²) < 4.78 is 0. The Bertz CT molecular complexity index is 412. The highest BCUT2D eigenvalue weighted by molar-refractivity contribution is 5.51. The molecule has 1 aliphatic rings. The van der Waals surface area contributed by atoms with E-state index in [1.807, 2.05) is 6.92 Å². The van der Waals surface area contributed by atoms with Crippen molar-refractivity contribution in [3.05, 3.63) is 16.8 Å². The van der Waals surface area contributed by atoms with E-state index >= 15 is 0 Å². The van der Waals surface area contributed by atoms with Gasteiger partial charge in [-0.15, -0.1) is 5.10 Å². The Labute approximate surface area is 103 Å². The molecule has 0 radical (unpaired) electrons. The van der Waals surface area contributed by atoms with Crippen LogP contribution in [0.1, 0.15) is 36.6 Å². The van der Waals surface area contributed by atoms with Crippen molar-refractivity contribution in [2.75, 3.05) is 11.9 Å². The van der Waals surface area contributed by atoms with Crippen LogP contribution in [0, 0.1) is 19.8 Å². The summed E-state index contributed by atoms with van der Waals surface area (Å²) in [6.45, 7) is 6.84. The van der Waals surface area contributed by atoms with Crippen molar-refractivity contribution in [2.24, 2.45) is 11.7 Å². The molecule has 2 N–H and O–H groups in total. The SMILES string of the molecule is Cc1nnc(N(C)C(C)C2CC2)c(CN)c1C. The highest BCUT2D eigenvalue weighted by Gasteiger charge is 2.32. The number of nitrogens with two attached hydrogens (primary N) is 1. The predicted molar refractivity (Wildman–Crippen MR) is 70.0 cm³/mol. The summed E-state index contributed by atoms with van der Waals surface area (Å²) in [6.07, 6.45) is 2.67. The fraction of sp³-hybridized carbons (Fsp3) is 0.692. The molecule has 94 valence electrons. The van der Waals surface area contributed by atoms with Gasteiger partial charge < -0.3 is 10.6 Å². The number of nitrogens with zero attached hydrogens (tertiary/aromatic N) is 3. The molecule has 1 aromatic rings. The normalized spacial score (nSPS) is 17.0. The second-order valence-corrected chi connectivity index (χ2v) is 5.11. The summed E-state index contributed by atoms with van der Waals surface area (Å²) in [6, 6.07) is 0.525. The Morgan fingerprint density at radius 1 is 1.35 bits per heavy atom. The first-order valence-electron chi connectivity index (χ1n) is 6.32. The third-order valence-electron chi connectivity index (χ3n) is 4.01. The lowest BCUT2D eigenvalue weighted by Gasteiger charge is -2.28. The minimum absolute atomic E-state index is 0.525. The molecule has 0 amide bonds. The molecule has 4 nitrogen and oxygen atoms in total. The molecule has 2 rings (SSSR count). The van der Waals surface area contributed by atoms with Crippen LogP contribution in [0.5, 0.6) is 0 Å². The Hall–Kier alpha value is -1.16. The van der Waals surface area contributed by atoms with Crippen LogP contribution in [-0.2, 0) is 6.54 Å². The second kappa shape index (κ2) is 4.61. The monoisotopic (exact) mass is 234 g/mol. The average Bonchev–Trinajstić information content (AvgIpc) is 3.14. The van der Waals surface area contributed by atoms with E-state index in [0.29, 0.717) is 12.6 Å². The highest BCUT2D eigenvalue weighted by Crippen LogP contribution is 2.36. The van der Waals surface area contributed by atoms with Gasteiger partial charge in [-0.25, -0.2) is 0 Å². The maximum atomic E-state index is 5.86. The maximum Gasteiger partial charge on any atom is 0.156 e. The zero-order valence-corrected chi connectivity index (χ0v) is 11.2. The first-order chi connectivity index (χ1) is 8.06. The molecule has 0 aromatic carbocycles. The third-order valence-corrected chi connectivity index (χ3v) is 4.01. The largest absolute Gasteiger partial charge is 0.355 e. The van der Waals surface area contributed by atoms with Gasteiger partial charge in [-0.05, 0) is 45.1 Å². The lowest BCUT2D eigenvalue weighted by Crippen LogP contribution is -2.33. The average molecular weight is 234 g/mol. The molecule has 1 atom stereocenters. The Balaban J connectivity index is 2.33. The van der Waals surface area contributed by atoms with Crippen LogP contribution in [0.15, 0.2) is 0 Å². The molecule has 1 heterocycles. The van der Waals surface area contributed by atoms with E-state index in [1.54, 1.807) is 0 Å². The van der Waals surface area contributed by atoms with Crippen LogP contribution in [0.2, 0.25) is 0 Å². The van der Waals surface area contributed by atoms with Crippen molar-refractivity contribution in [2.45, 2.75) is 46.2 Å². The van der Waals surface area contributed by atoms with Crippen LogP contribution >= 0.6 is 0 Å². The molecule has 0 aliphatic heterocycles. The Morgan fingerprint density at radius 2 is 2.00 bits per heavy atom. The fourth-order valence-electron chi connectivity index (χ4n) is 2.26. The fourth-order valence-corrected chi connectivity index (χ4v) is 2.26. The van der Waals surface area contributed by atoms with E-state index in [9.17, 15) is 0 Å². The second-order valence-electron chi connectivity index (χ2n) is 5.11. The molecule has 17 heavy (non-hydrogen) atoms. The van der Waals surface area contributed by atoms with Gasteiger partial charge in [-0.3, -0.25) is 0 Å². The van der Waals surface area contributed by atoms with Gasteiger partial charge in [-0.1, -0.05) is 0 Å². The zero-order valence-electron chi connectivity index (χ0n) is 11.2. The summed E-state index contributed by atoms with van der Waals surface area (Å²) in [5.41, 5.74) is 9.13. The summed E-state index contributed by atoms with van der Waals surface area (Å²) in [5, 5.41) is 8.56. The first kappa shape index (κ1) is 12.3. The van der Waals surface area contributed by atoms with E-state index in [-0.39, 0.29) is 0 Å². The van der Waals surface area contributed by atoms with Gasteiger partial charge in [0.05, 0.1) is 5.69 Å². The molecule has 1 aliphatic carbocycles. The van der Waals surface area contributed by atoms with Gasteiger partial charge in [0.1, 0.15) is 0 Å². The van der Waals surface area contributed by atoms with Crippen LogP contribution in [-0.4, -0.2) is 23.3 Å². The quantitative estimate of drug-likeness (QED) is 0.863. The summed E-state index contributed by atoms with van der Waals surface area (Å²) in [5.74, 6) is 1.77. The minimum atomic E-state index is 0.525. The van der Waals surface area contributed by atoms with E-state index in [4.69, 9.17) is 5.73 Å². The summed E-state index contributed by atoms with van der Waals surface area (Å²) >= 11 is 0. The topological polar surface area (TPSA) is 55.0 Å². The Kier molecular flexibility index (Phi) is 3.33. The molecule has 0 bridgehead atoms. The molecule has 0 spiro atoms. The van der Waals surface area contributed by atoms with Crippen LogP contribution < -0.4 is 10.6 Å². The molecular weight excluding hydrogens is 212 g/mol. The van der Waals surface area contributed by atoms with Crippen molar-refractivity contribution in [3.8, 4) is 0 Å². The zero-order chi connectivity index (χ0) is 12.6. The van der Waals surface area contributed by atoms with Crippen LogP contribution in [0.25, 0.3) is 0 Å². The van der Waals surface area contributed by atoms with Gasteiger partial charge >= 0.3 is 0 Å². The van der Waals surface area contributed by atoms with Gasteiger partial charge in [0, 0.05) is 25.2 Å². The molecular formula is C13H22N4. The van der Waals surface area contributed by atoms with Crippen molar-refractivity contribution < 1.29 is 0 Å². The Morgan fingerprint density at radius 3 is 2.53 bits per heavy atom. The highest BCUT2D eigenvalue weighted by atomic mass is 15.3. The molecule has 1 unspecified atom stereocenters. The van der Waals surface area contributed by atoms with Gasteiger partial charge in [0.15, 0.2) is 5.82 Å². The van der Waals surface area contributed by atoms with Crippen LogP contribution in [0.3, 0.4) is 0 Å². The lowest BCUT2D eigenvalue weighted by molar-refractivity contribution is 0.597. The molecule has 1 saturated carbocycles. The number of aromatic nitrogens is 2. The molecule has 0 saturated heterocycles. The number of anilines is 1. The van der Waals surface area contributed by atoms with Gasteiger partial charge in [-0.2, -0.15) is 5.10 Å². The number of hydrogen-bond donors (Lipinski definition) is 1. The molecule has 1 aromatic heterocycles.